The topological polar surface area (TPSA) is 115 Å². The maximum absolute atomic E-state index is 12.6. The molecule has 0 saturated carbocycles. The first-order valence-electron chi connectivity index (χ1n) is 7.30. The third-order valence-electron chi connectivity index (χ3n) is 3.96. The van der Waals surface area contributed by atoms with Crippen LogP contribution in [0.1, 0.15) is 12.8 Å². The molecule has 1 aromatic carbocycles. The van der Waals surface area contributed by atoms with Crippen LogP contribution in [0.2, 0.25) is 0 Å². The molecule has 1 aliphatic heterocycles. The number of hydrogen-bond donors (Lipinski definition) is 0. The standard InChI is InChI=1S/C14H20N2O6S2/c1-15(2)23(19,20)12-5-7-13(8-6-12)24(21,22)16-9-3-4-11(10-16)14(17)18/h5-8,11H,3-4,9-10H2,1-2H3,(H,17,18)/p-1/t11-/m0/s1. The smallest absolute Gasteiger partial charge is 0.243 e. The van der Waals surface area contributed by atoms with Crippen LogP contribution in [0.15, 0.2) is 34.1 Å². The Kier molecular flexibility index (Phi) is 5.33. The van der Waals surface area contributed by atoms with E-state index < -0.39 is 31.9 Å². The van der Waals surface area contributed by atoms with Gasteiger partial charge in [0.25, 0.3) is 0 Å². The highest BCUT2D eigenvalue weighted by atomic mass is 32.2. The highest BCUT2D eigenvalue weighted by molar-refractivity contribution is 7.89. The molecule has 0 spiro atoms. The molecule has 1 aromatic rings. The van der Waals surface area contributed by atoms with Crippen LogP contribution >= 0.6 is 0 Å². The van der Waals surface area contributed by atoms with Gasteiger partial charge in [0.1, 0.15) is 0 Å². The molecule has 0 radical (unpaired) electrons. The number of benzene rings is 1. The van der Waals surface area contributed by atoms with Crippen molar-refractivity contribution in [1.29, 1.82) is 0 Å². The first-order valence-corrected chi connectivity index (χ1v) is 10.2. The summed E-state index contributed by atoms with van der Waals surface area (Å²) in [4.78, 5) is 10.9. The maximum atomic E-state index is 12.6. The second-order valence-corrected chi connectivity index (χ2v) is 9.87. The first-order chi connectivity index (χ1) is 11.1. The summed E-state index contributed by atoms with van der Waals surface area (Å²) in [7, 11) is -4.76. The summed E-state index contributed by atoms with van der Waals surface area (Å²) >= 11 is 0. The number of hydrogen-bond acceptors (Lipinski definition) is 6. The molecule has 10 heteroatoms. The van der Waals surface area contributed by atoms with E-state index in [-0.39, 0.29) is 22.9 Å². The van der Waals surface area contributed by atoms with E-state index in [1.165, 1.54) is 38.4 Å². The Morgan fingerprint density at radius 3 is 2.17 bits per heavy atom. The second kappa shape index (κ2) is 6.79. The number of piperidine rings is 1. The fourth-order valence-electron chi connectivity index (χ4n) is 2.50. The minimum atomic E-state index is -3.88. The number of rotatable bonds is 5. The lowest BCUT2D eigenvalue weighted by Crippen LogP contribution is -2.46. The molecule has 8 nitrogen and oxygen atoms in total. The predicted molar refractivity (Wildman–Crippen MR) is 83.8 cm³/mol. The fraction of sp³-hybridized carbons (Fsp3) is 0.500. The summed E-state index contributed by atoms with van der Waals surface area (Å²) in [6.45, 7) is 0.0896. The molecule has 1 atom stereocenters. The molecule has 0 aliphatic carbocycles. The van der Waals surface area contributed by atoms with Crippen molar-refractivity contribution < 1.29 is 26.7 Å². The number of nitrogens with zero attached hydrogens (tertiary/aromatic N) is 2. The van der Waals surface area contributed by atoms with Crippen LogP contribution in [0.25, 0.3) is 0 Å². The molecular formula is C14H19N2O6S2-. The molecule has 1 fully saturated rings. The summed E-state index contributed by atoms with van der Waals surface area (Å²) in [5.41, 5.74) is 0. The second-order valence-electron chi connectivity index (χ2n) is 5.78. The van der Waals surface area contributed by atoms with Crippen molar-refractivity contribution in [2.45, 2.75) is 22.6 Å². The first kappa shape index (κ1) is 18.8. The molecule has 0 bridgehead atoms. The predicted octanol–water partition coefficient (Wildman–Crippen LogP) is -0.912. The summed E-state index contributed by atoms with van der Waals surface area (Å²) in [6, 6.07) is 4.88. The highest BCUT2D eigenvalue weighted by Gasteiger charge is 2.31. The number of carbonyl (C=O) groups is 1. The van der Waals surface area contributed by atoms with Gasteiger partial charge >= 0.3 is 0 Å². The third-order valence-corrected chi connectivity index (χ3v) is 7.67. The van der Waals surface area contributed by atoms with Crippen LogP contribution in [0.3, 0.4) is 0 Å². The van der Waals surface area contributed by atoms with E-state index in [0.717, 1.165) is 8.61 Å². The van der Waals surface area contributed by atoms with E-state index in [4.69, 9.17) is 0 Å². The Morgan fingerprint density at radius 1 is 1.12 bits per heavy atom. The van der Waals surface area contributed by atoms with Crippen LogP contribution in [0, 0.1) is 5.92 Å². The average molecular weight is 375 g/mol. The lowest BCUT2D eigenvalue weighted by molar-refractivity contribution is -0.312. The zero-order chi connectivity index (χ0) is 18.1. The van der Waals surface area contributed by atoms with Gasteiger partial charge in [-0.2, -0.15) is 4.31 Å². The van der Waals surface area contributed by atoms with E-state index >= 15 is 0 Å². The Bertz CT molecular complexity index is 815. The molecule has 1 saturated heterocycles. The minimum Gasteiger partial charge on any atom is -0.550 e. The van der Waals surface area contributed by atoms with Crippen LogP contribution < -0.4 is 5.11 Å². The van der Waals surface area contributed by atoms with Gasteiger partial charge in [0, 0.05) is 39.1 Å². The summed E-state index contributed by atoms with van der Waals surface area (Å²) in [5.74, 6) is -2.09. The molecule has 134 valence electrons. The number of aliphatic carboxylic acids is 1. The van der Waals surface area contributed by atoms with E-state index in [2.05, 4.69) is 0 Å². The largest absolute Gasteiger partial charge is 0.550 e. The number of carboxylic acids is 1. The normalized spacial score (nSPS) is 20.2. The van der Waals surface area contributed by atoms with Crippen LogP contribution in [-0.2, 0) is 24.8 Å². The van der Waals surface area contributed by atoms with Crippen molar-refractivity contribution in [2.75, 3.05) is 27.2 Å². The lowest BCUT2D eigenvalue weighted by Gasteiger charge is -2.32. The molecule has 1 heterocycles. The molecule has 1 aliphatic rings. The molecule has 2 rings (SSSR count). The minimum absolute atomic E-state index is 0.0160. The Morgan fingerprint density at radius 2 is 1.67 bits per heavy atom. The Balaban J connectivity index is 2.29. The monoisotopic (exact) mass is 375 g/mol. The van der Waals surface area contributed by atoms with Gasteiger partial charge in [-0.05, 0) is 37.1 Å². The SMILES string of the molecule is CN(C)S(=O)(=O)c1ccc(S(=O)(=O)N2CCC[C@H](C(=O)[O-])C2)cc1. The van der Waals surface area contributed by atoms with Gasteiger partial charge in [-0.15, -0.1) is 0 Å². The van der Waals surface area contributed by atoms with Crippen molar-refractivity contribution in [2.24, 2.45) is 5.92 Å². The third kappa shape index (κ3) is 3.61. The van der Waals surface area contributed by atoms with Gasteiger partial charge < -0.3 is 9.90 Å². The van der Waals surface area contributed by atoms with Crippen molar-refractivity contribution >= 4 is 26.0 Å². The fourth-order valence-corrected chi connectivity index (χ4v) is 4.92. The Labute approximate surface area is 141 Å². The van der Waals surface area contributed by atoms with E-state index in [1.807, 2.05) is 0 Å². The molecule has 0 N–H and O–H groups in total. The van der Waals surface area contributed by atoms with E-state index in [1.54, 1.807) is 0 Å². The summed E-state index contributed by atoms with van der Waals surface area (Å²) in [5, 5.41) is 11.0. The lowest BCUT2D eigenvalue weighted by atomic mass is 10.0. The molecule has 0 amide bonds. The number of carboxylic acid groups (broad SMARTS) is 1. The van der Waals surface area contributed by atoms with Gasteiger partial charge in [0.15, 0.2) is 0 Å². The average Bonchev–Trinajstić information content (AvgIpc) is 2.54. The van der Waals surface area contributed by atoms with Gasteiger partial charge in [-0.25, -0.2) is 21.1 Å². The molecule has 0 aromatic heterocycles. The number of sulfonamides is 2. The van der Waals surface area contributed by atoms with E-state index in [0.29, 0.717) is 12.8 Å². The highest BCUT2D eigenvalue weighted by Crippen LogP contribution is 2.24. The molecular weight excluding hydrogens is 356 g/mol. The van der Waals surface area contributed by atoms with Gasteiger partial charge in [0.2, 0.25) is 20.0 Å². The van der Waals surface area contributed by atoms with Gasteiger partial charge in [-0.3, -0.25) is 0 Å². The number of carbonyl (C=O) groups excluding carboxylic acids is 1. The van der Waals surface area contributed by atoms with Crippen LogP contribution in [-0.4, -0.2) is 58.6 Å². The zero-order valence-electron chi connectivity index (χ0n) is 13.4. The van der Waals surface area contributed by atoms with Gasteiger partial charge in [-0.1, -0.05) is 0 Å². The van der Waals surface area contributed by atoms with Crippen molar-refractivity contribution in [3.8, 4) is 0 Å². The van der Waals surface area contributed by atoms with E-state index in [9.17, 15) is 26.7 Å². The Hall–Kier alpha value is -1.49. The molecule has 24 heavy (non-hydrogen) atoms. The summed E-state index contributed by atoms with van der Waals surface area (Å²) < 4.78 is 51.4. The molecule has 0 unspecified atom stereocenters. The van der Waals surface area contributed by atoms with Crippen molar-refractivity contribution in [3.63, 3.8) is 0 Å². The quantitative estimate of drug-likeness (QED) is 0.658. The van der Waals surface area contributed by atoms with Crippen LogP contribution in [0.4, 0.5) is 0 Å². The van der Waals surface area contributed by atoms with Crippen LogP contribution in [0.5, 0.6) is 0 Å². The van der Waals surface area contributed by atoms with Gasteiger partial charge in [0.05, 0.1) is 9.79 Å². The van der Waals surface area contributed by atoms with Crippen molar-refractivity contribution in [3.05, 3.63) is 24.3 Å². The zero-order valence-corrected chi connectivity index (χ0v) is 15.0. The summed E-state index contributed by atoms with van der Waals surface area (Å²) in [6.07, 6.45) is 0.819. The van der Waals surface area contributed by atoms with Crippen molar-refractivity contribution in [1.82, 2.24) is 8.61 Å². The maximum Gasteiger partial charge on any atom is 0.243 e.